The Morgan fingerprint density at radius 1 is 1.82 bits per heavy atom. The molecule has 1 aliphatic rings. The Balaban J connectivity index is 2.37. The van der Waals surface area contributed by atoms with Gasteiger partial charge in [-0.15, -0.1) is 0 Å². The number of hydrogen-bond donors (Lipinski definition) is 0. The largest absolute Gasteiger partial charge is 0.466 e. The number of thioether (sulfide) groups is 1. The van der Waals surface area contributed by atoms with Crippen molar-refractivity contribution in [1.82, 2.24) is 0 Å². The molecule has 1 unspecified atom stereocenters. The van der Waals surface area contributed by atoms with Gasteiger partial charge >= 0.3 is 5.97 Å². The lowest BCUT2D eigenvalue weighted by atomic mass is 10.1. The number of carbonyl (C=O) groups excluding carboxylic acids is 2. The Kier molecular flexibility index (Phi) is 2.93. The van der Waals surface area contributed by atoms with Crippen molar-refractivity contribution in [1.29, 1.82) is 0 Å². The molecule has 1 aliphatic heterocycles. The molecule has 0 aliphatic carbocycles. The molecule has 0 aromatic carbocycles. The van der Waals surface area contributed by atoms with Gasteiger partial charge in [-0.1, -0.05) is 11.8 Å². The van der Waals surface area contributed by atoms with Crippen molar-refractivity contribution in [2.45, 2.75) is 13.3 Å². The van der Waals surface area contributed by atoms with Crippen LogP contribution in [0.5, 0.6) is 0 Å². The van der Waals surface area contributed by atoms with Crippen LogP contribution in [0, 0.1) is 5.92 Å². The molecule has 0 bridgehead atoms. The average Bonchev–Trinajstić information content (AvgIpc) is 2.36. The van der Waals surface area contributed by atoms with Gasteiger partial charge in [-0.05, 0) is 6.92 Å². The zero-order valence-corrected chi connectivity index (χ0v) is 7.15. The highest BCUT2D eigenvalue weighted by Crippen LogP contribution is 2.25. The second-order valence-electron chi connectivity index (χ2n) is 2.34. The first-order chi connectivity index (χ1) is 5.24. The maximum Gasteiger partial charge on any atom is 0.310 e. The minimum absolute atomic E-state index is 0.100. The fourth-order valence-corrected chi connectivity index (χ4v) is 1.88. The summed E-state index contributed by atoms with van der Waals surface area (Å²) in [4.78, 5) is 21.7. The fraction of sp³-hybridized carbons (Fsp3) is 0.714. The lowest BCUT2D eigenvalue weighted by molar-refractivity contribution is -0.147. The van der Waals surface area contributed by atoms with Crippen LogP contribution in [0.15, 0.2) is 0 Å². The van der Waals surface area contributed by atoms with Crippen LogP contribution in [0.25, 0.3) is 0 Å². The van der Waals surface area contributed by atoms with E-state index in [9.17, 15) is 9.59 Å². The van der Waals surface area contributed by atoms with Crippen LogP contribution in [-0.2, 0) is 14.3 Å². The van der Waals surface area contributed by atoms with E-state index in [-0.39, 0.29) is 17.0 Å². The van der Waals surface area contributed by atoms with Crippen LogP contribution in [0.1, 0.15) is 13.3 Å². The van der Waals surface area contributed by atoms with E-state index in [1.807, 2.05) is 0 Å². The third kappa shape index (κ3) is 2.22. The third-order valence-corrected chi connectivity index (χ3v) is 2.54. The lowest BCUT2D eigenvalue weighted by Crippen LogP contribution is -2.17. The summed E-state index contributed by atoms with van der Waals surface area (Å²) in [6.45, 7) is 2.16. The monoisotopic (exact) mass is 174 g/mol. The second kappa shape index (κ2) is 3.76. The first kappa shape index (κ1) is 8.59. The maximum atomic E-state index is 11.0. The van der Waals surface area contributed by atoms with Crippen molar-refractivity contribution >= 4 is 22.8 Å². The van der Waals surface area contributed by atoms with Crippen LogP contribution >= 0.6 is 11.8 Å². The Hall–Kier alpha value is -0.510. The van der Waals surface area contributed by atoms with Crippen molar-refractivity contribution < 1.29 is 14.3 Å². The average molecular weight is 174 g/mol. The molecular formula is C7H10O3S. The number of rotatable bonds is 2. The minimum Gasteiger partial charge on any atom is -0.466 e. The molecule has 0 aromatic heterocycles. The summed E-state index contributed by atoms with van der Waals surface area (Å²) in [6, 6.07) is 0. The Bertz CT molecular complexity index is 179. The van der Waals surface area contributed by atoms with Crippen molar-refractivity contribution in [2.24, 2.45) is 5.92 Å². The van der Waals surface area contributed by atoms with Gasteiger partial charge in [-0.2, -0.15) is 0 Å². The Morgan fingerprint density at radius 2 is 2.55 bits per heavy atom. The second-order valence-corrected chi connectivity index (χ2v) is 3.41. The van der Waals surface area contributed by atoms with Crippen LogP contribution < -0.4 is 0 Å². The lowest BCUT2D eigenvalue weighted by Gasteiger charge is -2.04. The van der Waals surface area contributed by atoms with Crippen molar-refractivity contribution in [3.8, 4) is 0 Å². The van der Waals surface area contributed by atoms with E-state index in [1.54, 1.807) is 6.92 Å². The van der Waals surface area contributed by atoms with Crippen LogP contribution in [0.4, 0.5) is 0 Å². The summed E-state index contributed by atoms with van der Waals surface area (Å²) < 4.78 is 4.77. The molecule has 1 atom stereocenters. The molecule has 1 fully saturated rings. The molecule has 11 heavy (non-hydrogen) atoms. The predicted molar refractivity (Wildman–Crippen MR) is 42.2 cm³/mol. The zero-order valence-electron chi connectivity index (χ0n) is 6.33. The van der Waals surface area contributed by atoms with Crippen LogP contribution in [0.3, 0.4) is 0 Å². The number of esters is 1. The van der Waals surface area contributed by atoms with Crippen molar-refractivity contribution in [3.63, 3.8) is 0 Å². The summed E-state index contributed by atoms with van der Waals surface area (Å²) >= 11 is 1.22. The molecule has 4 heteroatoms. The summed E-state index contributed by atoms with van der Waals surface area (Å²) in [5.41, 5.74) is 0. The summed E-state index contributed by atoms with van der Waals surface area (Å²) in [6.07, 6.45) is 0.351. The van der Waals surface area contributed by atoms with E-state index in [1.165, 1.54) is 11.8 Å². The number of carbonyl (C=O) groups is 2. The van der Waals surface area contributed by atoms with Gasteiger partial charge in [0.1, 0.15) is 0 Å². The van der Waals surface area contributed by atoms with E-state index in [0.717, 1.165) is 0 Å². The Morgan fingerprint density at radius 3 is 3.00 bits per heavy atom. The molecule has 0 amide bonds. The van der Waals surface area contributed by atoms with Gasteiger partial charge in [-0.25, -0.2) is 0 Å². The molecule has 0 aromatic rings. The van der Waals surface area contributed by atoms with Gasteiger partial charge in [0.2, 0.25) is 0 Å². The topological polar surface area (TPSA) is 43.4 Å². The highest BCUT2D eigenvalue weighted by atomic mass is 32.2. The maximum absolute atomic E-state index is 11.0. The predicted octanol–water partition coefficient (Wildman–Crippen LogP) is 0.829. The molecule has 0 radical (unpaired) electrons. The van der Waals surface area contributed by atoms with Crippen LogP contribution in [0.2, 0.25) is 0 Å². The first-order valence-corrected chi connectivity index (χ1v) is 4.55. The molecule has 0 saturated carbocycles. The van der Waals surface area contributed by atoms with E-state index in [4.69, 9.17) is 4.74 Å². The standard InChI is InChI=1S/C7H10O3S/c1-2-10-7(9)5-3-6(8)11-4-5/h5H,2-4H2,1H3. The molecule has 1 rings (SSSR count). The molecule has 62 valence electrons. The quantitative estimate of drug-likeness (QED) is 0.581. The van der Waals surface area contributed by atoms with Gasteiger partial charge in [0, 0.05) is 12.2 Å². The molecule has 0 spiro atoms. The molecule has 1 heterocycles. The molecule has 0 N–H and O–H groups in total. The smallest absolute Gasteiger partial charge is 0.310 e. The highest BCUT2D eigenvalue weighted by Gasteiger charge is 2.29. The summed E-state index contributed by atoms with van der Waals surface area (Å²) in [7, 11) is 0. The van der Waals surface area contributed by atoms with E-state index in [0.29, 0.717) is 18.8 Å². The van der Waals surface area contributed by atoms with Gasteiger partial charge in [-0.3, -0.25) is 9.59 Å². The SMILES string of the molecule is CCOC(=O)C1CSC(=O)C1. The first-order valence-electron chi connectivity index (χ1n) is 3.56. The zero-order chi connectivity index (χ0) is 8.27. The van der Waals surface area contributed by atoms with Crippen LogP contribution in [-0.4, -0.2) is 23.4 Å². The molecule has 1 saturated heterocycles. The minimum atomic E-state index is -0.231. The number of hydrogen-bond acceptors (Lipinski definition) is 4. The van der Waals surface area contributed by atoms with E-state index in [2.05, 4.69) is 0 Å². The van der Waals surface area contributed by atoms with Gasteiger partial charge < -0.3 is 4.74 Å². The Labute approximate surface area is 69.5 Å². The molecular weight excluding hydrogens is 164 g/mol. The van der Waals surface area contributed by atoms with Gasteiger partial charge in [0.25, 0.3) is 0 Å². The van der Waals surface area contributed by atoms with Gasteiger partial charge in [0.15, 0.2) is 5.12 Å². The normalized spacial score (nSPS) is 23.7. The van der Waals surface area contributed by atoms with Gasteiger partial charge in [0.05, 0.1) is 12.5 Å². The van der Waals surface area contributed by atoms with E-state index >= 15 is 0 Å². The fourth-order valence-electron chi connectivity index (χ4n) is 0.924. The molecule has 3 nitrogen and oxygen atoms in total. The third-order valence-electron chi connectivity index (χ3n) is 1.48. The summed E-state index contributed by atoms with van der Waals surface area (Å²) in [5, 5.41) is 0.100. The highest BCUT2D eigenvalue weighted by molar-refractivity contribution is 8.14. The van der Waals surface area contributed by atoms with Crippen molar-refractivity contribution in [2.75, 3.05) is 12.4 Å². The van der Waals surface area contributed by atoms with Crippen molar-refractivity contribution in [3.05, 3.63) is 0 Å². The number of ether oxygens (including phenoxy) is 1. The van der Waals surface area contributed by atoms with E-state index < -0.39 is 0 Å². The summed E-state index contributed by atoms with van der Waals surface area (Å²) in [5.74, 6) is 0.177.